The van der Waals surface area contributed by atoms with Gasteiger partial charge in [0, 0.05) is 94.1 Å². The van der Waals surface area contributed by atoms with Crippen LogP contribution in [-0.2, 0) is 29.2 Å². The molecule has 16 heteroatoms. The fraction of sp³-hybridized carbons (Fsp3) is 0.318. The van der Waals surface area contributed by atoms with Crippen molar-refractivity contribution in [3.8, 4) is 22.3 Å². The molecule has 0 atom stereocenters. The molecule has 0 saturated heterocycles. The van der Waals surface area contributed by atoms with Crippen LogP contribution in [-0.4, -0.2) is 78.5 Å². The lowest BCUT2D eigenvalue weighted by atomic mass is 10.1. The summed E-state index contributed by atoms with van der Waals surface area (Å²) in [4.78, 5) is 35.4. The van der Waals surface area contributed by atoms with E-state index in [9.17, 15) is 9.59 Å². The number of thioether (sulfide) groups is 1. The van der Waals surface area contributed by atoms with E-state index >= 15 is 0 Å². The lowest BCUT2D eigenvalue weighted by Gasteiger charge is -2.21. The third-order valence-electron chi connectivity index (χ3n) is 9.51. The first kappa shape index (κ1) is 43.9. The molecule has 0 spiro atoms. The van der Waals surface area contributed by atoms with Gasteiger partial charge < -0.3 is 42.0 Å². The number of aryl methyl sites for hydroxylation is 1. The van der Waals surface area contributed by atoms with Crippen LogP contribution in [0.4, 0.5) is 17.3 Å². The number of hydrogen-bond donors (Lipinski definition) is 7. The van der Waals surface area contributed by atoms with Crippen LogP contribution >= 0.6 is 23.1 Å². The number of carbonyl (C=O) groups is 2. The van der Waals surface area contributed by atoms with Crippen molar-refractivity contribution in [2.45, 2.75) is 45.1 Å². The molecule has 2 amide bonds. The number of carbonyl (C=O) groups excluding carboxylic acids is 2. The van der Waals surface area contributed by atoms with E-state index in [-0.39, 0.29) is 25.0 Å². The van der Waals surface area contributed by atoms with E-state index in [0.29, 0.717) is 60.8 Å². The largest absolute Gasteiger partial charge is 0.393 e. The number of nitrogens with one attached hydrogen (secondary N) is 4. The van der Waals surface area contributed by atoms with Crippen molar-refractivity contribution in [1.82, 2.24) is 30.5 Å². The summed E-state index contributed by atoms with van der Waals surface area (Å²) in [5.74, 6) is 13.2. The summed E-state index contributed by atoms with van der Waals surface area (Å²) in [6.45, 7) is 8.38. The minimum Gasteiger partial charge on any atom is -0.393 e. The van der Waals surface area contributed by atoms with E-state index in [4.69, 9.17) is 22.0 Å². The monoisotopic (exact) mass is 847 g/mol. The highest BCUT2D eigenvalue weighted by Gasteiger charge is 2.17. The number of anilines is 3. The summed E-state index contributed by atoms with van der Waals surface area (Å²) in [7, 11) is 1.96. The highest BCUT2D eigenvalue weighted by atomic mass is 32.2. The molecular formula is C44H53N11O3S2. The molecule has 0 unspecified atom stereocenters. The van der Waals surface area contributed by atoms with E-state index < -0.39 is 0 Å². The van der Waals surface area contributed by atoms with Gasteiger partial charge in [0.25, 0.3) is 11.8 Å². The maximum absolute atomic E-state index is 12.8. The molecule has 6 rings (SSSR count). The van der Waals surface area contributed by atoms with E-state index in [1.54, 1.807) is 23.5 Å². The molecule has 6 aromatic rings. The Labute approximate surface area is 359 Å². The lowest BCUT2D eigenvalue weighted by Crippen LogP contribution is -2.32. The highest BCUT2D eigenvalue weighted by Crippen LogP contribution is 2.35. The third-order valence-corrected chi connectivity index (χ3v) is 11.5. The Morgan fingerprint density at radius 1 is 0.933 bits per heavy atom. The summed E-state index contributed by atoms with van der Waals surface area (Å²) in [5, 5.41) is 18.5. The molecule has 314 valence electrons. The zero-order valence-corrected chi connectivity index (χ0v) is 35.9. The smallest absolute Gasteiger partial charge is 0.296 e. The van der Waals surface area contributed by atoms with Crippen molar-refractivity contribution in [2.75, 3.05) is 68.3 Å². The van der Waals surface area contributed by atoms with Crippen molar-refractivity contribution in [3.05, 3.63) is 94.4 Å². The summed E-state index contributed by atoms with van der Waals surface area (Å²) < 4.78 is 7.97. The fourth-order valence-electron chi connectivity index (χ4n) is 6.63. The van der Waals surface area contributed by atoms with Gasteiger partial charge in [-0.05, 0) is 73.5 Å². The zero-order valence-electron chi connectivity index (χ0n) is 34.3. The highest BCUT2D eigenvalue weighted by molar-refractivity contribution is 7.99. The molecule has 0 fully saturated rings. The molecule has 0 aliphatic carbocycles. The summed E-state index contributed by atoms with van der Waals surface area (Å²) >= 11 is 3.14. The van der Waals surface area contributed by atoms with Gasteiger partial charge in [-0.15, -0.1) is 11.3 Å². The van der Waals surface area contributed by atoms with Crippen LogP contribution in [0.1, 0.15) is 47.3 Å². The van der Waals surface area contributed by atoms with Gasteiger partial charge >= 0.3 is 0 Å². The first-order valence-corrected chi connectivity index (χ1v) is 21.9. The van der Waals surface area contributed by atoms with E-state index in [1.807, 2.05) is 30.6 Å². The average Bonchev–Trinajstić information content (AvgIpc) is 3.86. The second kappa shape index (κ2) is 21.5. The van der Waals surface area contributed by atoms with Crippen LogP contribution in [0.3, 0.4) is 0 Å². The van der Waals surface area contributed by atoms with E-state index in [2.05, 4.69) is 97.9 Å². The molecule has 10 N–H and O–H groups in total. The van der Waals surface area contributed by atoms with Gasteiger partial charge in [-0.1, -0.05) is 54.9 Å². The number of hydrogen-bond acceptors (Lipinski definition) is 13. The predicted octanol–water partition coefficient (Wildman–Crippen LogP) is 5.30. The molecule has 3 aromatic heterocycles. The van der Waals surface area contributed by atoms with Crippen LogP contribution in [0.5, 0.6) is 0 Å². The van der Waals surface area contributed by atoms with Crippen molar-refractivity contribution in [2.24, 2.45) is 11.6 Å². The molecule has 3 heterocycles. The quantitative estimate of drug-likeness (QED) is 0.0131. The van der Waals surface area contributed by atoms with Crippen LogP contribution < -0.4 is 43.6 Å². The Morgan fingerprint density at radius 3 is 2.47 bits per heavy atom. The van der Waals surface area contributed by atoms with Crippen LogP contribution in [0.25, 0.3) is 32.2 Å². The Balaban J connectivity index is 0.916. The second-order valence-electron chi connectivity index (χ2n) is 13.9. The fourth-order valence-corrected chi connectivity index (χ4v) is 8.16. The molecular weight excluding hydrogens is 795 g/mol. The SMILES string of the molecule is CCCSc1nc(NCCN)c(N)c(N(N)Cc2ccc(C(=O)NCCOCCNC(=O)C#Cc3csc(-c4ccc5c6cc(CNC)ccc6n(CC)c5c4)c3)cc2)n1. The Bertz CT molecular complexity index is 2470. The van der Waals surface area contributed by atoms with Crippen LogP contribution in [0, 0.1) is 11.8 Å². The molecule has 0 radical (unpaired) electrons. The van der Waals surface area contributed by atoms with Crippen LogP contribution in [0.15, 0.2) is 77.3 Å². The molecule has 3 aromatic carbocycles. The predicted molar refractivity (Wildman–Crippen MR) is 246 cm³/mol. The maximum Gasteiger partial charge on any atom is 0.296 e. The number of amides is 2. The first-order chi connectivity index (χ1) is 29.2. The topological polar surface area (TPSA) is 204 Å². The Morgan fingerprint density at radius 2 is 1.72 bits per heavy atom. The van der Waals surface area contributed by atoms with Crippen molar-refractivity contribution in [1.29, 1.82) is 0 Å². The summed E-state index contributed by atoms with van der Waals surface area (Å²) in [5.41, 5.74) is 19.3. The van der Waals surface area contributed by atoms with Gasteiger partial charge in [-0.3, -0.25) is 14.6 Å². The van der Waals surface area contributed by atoms with Gasteiger partial charge in [-0.2, -0.15) is 0 Å². The summed E-state index contributed by atoms with van der Waals surface area (Å²) in [6, 6.07) is 22.4. The molecule has 0 aliphatic rings. The van der Waals surface area contributed by atoms with Crippen molar-refractivity contribution in [3.63, 3.8) is 0 Å². The normalized spacial score (nSPS) is 11.1. The molecule has 60 heavy (non-hydrogen) atoms. The van der Waals surface area contributed by atoms with Gasteiger partial charge in [0.2, 0.25) is 0 Å². The average molecular weight is 848 g/mol. The molecule has 0 bridgehead atoms. The van der Waals surface area contributed by atoms with Crippen LogP contribution in [0.2, 0.25) is 0 Å². The van der Waals surface area contributed by atoms with Crippen molar-refractivity contribution >= 4 is 74.0 Å². The van der Waals surface area contributed by atoms with Crippen molar-refractivity contribution < 1.29 is 14.3 Å². The number of rotatable bonds is 20. The number of ether oxygens (including phenoxy) is 1. The minimum atomic E-state index is -0.382. The number of aromatic nitrogens is 3. The van der Waals surface area contributed by atoms with Gasteiger partial charge in [0.15, 0.2) is 16.8 Å². The molecule has 0 saturated carbocycles. The third kappa shape index (κ3) is 11.1. The minimum absolute atomic E-state index is 0.230. The number of nitrogens with two attached hydrogens (primary N) is 3. The number of nitrogen functional groups attached to an aromatic ring is 1. The van der Waals surface area contributed by atoms with E-state index in [1.165, 1.54) is 44.1 Å². The summed E-state index contributed by atoms with van der Waals surface area (Å²) in [6.07, 6.45) is 0.971. The van der Waals surface area contributed by atoms with Gasteiger partial charge in [-0.25, -0.2) is 15.8 Å². The Kier molecular flexibility index (Phi) is 15.8. The molecule has 14 nitrogen and oxygen atoms in total. The number of benzene rings is 3. The number of hydrazine groups is 1. The van der Waals surface area contributed by atoms with Gasteiger partial charge in [0.05, 0.1) is 19.8 Å². The zero-order chi connectivity index (χ0) is 42.4. The standard InChI is InChI=1S/C44H53N11O3S2/c1-4-22-59-44-52-41(50-17-16-45)40(46)42(53-44)55(47)27-29-6-10-32(11-7-29)43(57)51-19-21-58-20-18-49-39(56)15-9-31-24-38(60-28-31)33-12-13-34-35-23-30(26-48-3)8-14-36(35)54(5-2)37(34)25-33/h6-8,10-14,23-25,28,48H,4-5,16-22,26-27,45-47H2,1-3H3,(H,49,56)(H,51,57)(H,50,52,53). The second-order valence-corrected chi connectivity index (χ2v) is 15.9. The number of fused-ring (bicyclic) bond motifs is 3. The first-order valence-electron chi connectivity index (χ1n) is 20.0. The molecule has 0 aliphatic heterocycles. The number of nitrogens with zero attached hydrogens (tertiary/aromatic N) is 4. The van der Waals surface area contributed by atoms with E-state index in [0.717, 1.165) is 46.8 Å². The lowest BCUT2D eigenvalue weighted by molar-refractivity contribution is -0.115. The van der Waals surface area contributed by atoms with Gasteiger partial charge in [0.1, 0.15) is 5.69 Å². The Hall–Kier alpha value is -5.67. The maximum atomic E-state index is 12.8. The number of thiophene rings is 1.